The molecular formula is C28H22N2O4S. The van der Waals surface area contributed by atoms with Crippen molar-refractivity contribution in [2.45, 2.75) is 5.37 Å². The number of benzene rings is 4. The minimum Gasteiger partial charge on any atom is -0.595 e. The van der Waals surface area contributed by atoms with Crippen molar-refractivity contribution in [2.75, 3.05) is 4.90 Å². The van der Waals surface area contributed by atoms with Crippen LogP contribution in [0.2, 0.25) is 0 Å². The number of rotatable bonds is 6. The molecule has 0 radical (unpaired) electrons. The van der Waals surface area contributed by atoms with E-state index in [0.29, 0.717) is 16.3 Å². The van der Waals surface area contributed by atoms with Gasteiger partial charge in [0.2, 0.25) is 0 Å². The molecule has 4 aromatic rings. The molecule has 35 heavy (non-hydrogen) atoms. The molecule has 1 heterocycles. The zero-order valence-corrected chi connectivity index (χ0v) is 19.4. The predicted octanol–water partition coefficient (Wildman–Crippen LogP) is 5.70. The Morgan fingerprint density at radius 1 is 0.857 bits per heavy atom. The summed E-state index contributed by atoms with van der Waals surface area (Å²) in [5, 5.41) is 19.6. The van der Waals surface area contributed by atoms with Crippen molar-refractivity contribution >= 4 is 35.1 Å². The van der Waals surface area contributed by atoms with Gasteiger partial charge in [0.05, 0.1) is 10.6 Å². The number of thioether (sulfide) groups is 1. The highest BCUT2D eigenvalue weighted by molar-refractivity contribution is 8.05. The maximum atomic E-state index is 13.6. The smallest absolute Gasteiger partial charge is 0.266 e. The molecule has 1 aliphatic rings. The third-order valence-electron chi connectivity index (χ3n) is 5.49. The predicted molar refractivity (Wildman–Crippen MR) is 137 cm³/mol. The minimum atomic E-state index is -1.03. The van der Waals surface area contributed by atoms with Crippen LogP contribution in [0.1, 0.15) is 16.5 Å². The number of carbonyl (C=O) groups is 1. The lowest BCUT2D eigenvalue weighted by molar-refractivity contribution is -0.991. The Morgan fingerprint density at radius 3 is 2.29 bits per heavy atom. The average Bonchev–Trinajstić information content (AvgIpc) is 3.21. The van der Waals surface area contributed by atoms with Crippen LogP contribution < -0.4 is 14.9 Å². The van der Waals surface area contributed by atoms with E-state index in [1.807, 2.05) is 91.0 Å². The molecule has 2 N–H and O–H groups in total. The summed E-state index contributed by atoms with van der Waals surface area (Å²) in [7, 11) is 0. The van der Waals surface area contributed by atoms with E-state index in [1.54, 1.807) is 17.0 Å². The Kier molecular flexibility index (Phi) is 6.65. The SMILES string of the molecule is O=C1/C(=C/c2cccc(Oc3ccccc3)c2)SC(c2ccccc2)N1c1cccc([NH+]([O-])O)c1. The molecular weight excluding hydrogens is 460 g/mol. The van der Waals surface area contributed by atoms with Crippen molar-refractivity contribution < 1.29 is 20.0 Å². The van der Waals surface area contributed by atoms with Gasteiger partial charge in [0.25, 0.3) is 5.91 Å². The third kappa shape index (κ3) is 5.13. The van der Waals surface area contributed by atoms with Crippen LogP contribution in [-0.4, -0.2) is 11.1 Å². The highest BCUT2D eigenvalue weighted by Crippen LogP contribution is 2.48. The number of nitrogens with one attached hydrogen (secondary N) is 1. The van der Waals surface area contributed by atoms with Gasteiger partial charge in [-0.05, 0) is 47.5 Å². The molecule has 1 saturated heterocycles. The van der Waals surface area contributed by atoms with E-state index in [-0.39, 0.29) is 17.0 Å². The van der Waals surface area contributed by atoms with E-state index in [1.165, 1.54) is 23.9 Å². The lowest BCUT2D eigenvalue weighted by Gasteiger charge is -2.24. The Labute approximate surface area is 207 Å². The van der Waals surface area contributed by atoms with Crippen LogP contribution in [-0.2, 0) is 4.79 Å². The van der Waals surface area contributed by atoms with Crippen LogP contribution in [0.25, 0.3) is 6.08 Å². The van der Waals surface area contributed by atoms with Crippen molar-refractivity contribution in [3.63, 3.8) is 0 Å². The summed E-state index contributed by atoms with van der Waals surface area (Å²) in [6, 6.07) is 33.3. The number of quaternary nitrogens is 1. The molecule has 4 aromatic carbocycles. The number of carbonyl (C=O) groups excluding carboxylic acids is 1. The van der Waals surface area contributed by atoms with Gasteiger partial charge in [-0.1, -0.05) is 78.5 Å². The zero-order chi connectivity index (χ0) is 24.2. The summed E-state index contributed by atoms with van der Waals surface area (Å²) < 4.78 is 5.94. The first-order valence-electron chi connectivity index (χ1n) is 11.0. The monoisotopic (exact) mass is 482 g/mol. The van der Waals surface area contributed by atoms with Gasteiger partial charge >= 0.3 is 0 Å². The van der Waals surface area contributed by atoms with Gasteiger partial charge in [0.1, 0.15) is 16.9 Å². The van der Waals surface area contributed by atoms with E-state index < -0.39 is 5.23 Å². The van der Waals surface area contributed by atoms with E-state index in [9.17, 15) is 15.2 Å². The molecule has 6 nitrogen and oxygen atoms in total. The second-order valence-electron chi connectivity index (χ2n) is 7.91. The van der Waals surface area contributed by atoms with Crippen molar-refractivity contribution in [1.82, 2.24) is 0 Å². The number of ether oxygens (including phenoxy) is 1. The van der Waals surface area contributed by atoms with Gasteiger partial charge < -0.3 is 9.94 Å². The fourth-order valence-corrected chi connectivity index (χ4v) is 5.12. The van der Waals surface area contributed by atoms with Gasteiger partial charge in [0.15, 0.2) is 5.69 Å². The molecule has 5 rings (SSSR count). The van der Waals surface area contributed by atoms with Crippen molar-refractivity contribution in [1.29, 1.82) is 0 Å². The van der Waals surface area contributed by atoms with E-state index in [2.05, 4.69) is 0 Å². The Morgan fingerprint density at radius 2 is 1.54 bits per heavy atom. The first kappa shape index (κ1) is 22.9. The fourth-order valence-electron chi connectivity index (χ4n) is 3.86. The normalized spacial score (nSPS) is 17.5. The van der Waals surface area contributed by atoms with Crippen molar-refractivity contribution in [3.05, 3.63) is 130 Å². The van der Waals surface area contributed by atoms with Crippen molar-refractivity contribution in [2.24, 2.45) is 0 Å². The third-order valence-corrected chi connectivity index (χ3v) is 6.75. The lowest BCUT2D eigenvalue weighted by atomic mass is 10.1. The molecule has 174 valence electrons. The van der Waals surface area contributed by atoms with Gasteiger partial charge in [-0.3, -0.25) is 9.69 Å². The molecule has 7 heteroatoms. The van der Waals surface area contributed by atoms with Crippen LogP contribution in [0.5, 0.6) is 11.5 Å². The maximum absolute atomic E-state index is 13.6. The van der Waals surface area contributed by atoms with Crippen LogP contribution in [0.4, 0.5) is 11.4 Å². The number of hydrogen-bond acceptors (Lipinski definition) is 5. The average molecular weight is 483 g/mol. The van der Waals surface area contributed by atoms with Gasteiger partial charge in [-0.2, -0.15) is 5.23 Å². The standard InChI is InChI=1S/C28H22N2O4S/c31-27-26(18-20-9-7-16-25(17-20)34-24-14-5-2-6-15-24)35-28(21-10-3-1-4-11-21)29(27)22-12-8-13-23(19-22)30(32)33/h1-19,28,30,32H/b26-18-. The second-order valence-corrected chi connectivity index (χ2v) is 9.03. The molecule has 0 aromatic heterocycles. The van der Waals surface area contributed by atoms with Gasteiger partial charge in [-0.25, -0.2) is 5.21 Å². The molecule has 1 aliphatic heterocycles. The summed E-state index contributed by atoms with van der Waals surface area (Å²) in [5.41, 5.74) is 2.47. The first-order chi connectivity index (χ1) is 17.1. The van der Waals surface area contributed by atoms with Crippen molar-refractivity contribution in [3.8, 4) is 11.5 Å². The molecule has 2 atom stereocenters. The molecule has 0 saturated carbocycles. The van der Waals surface area contributed by atoms with Crippen LogP contribution in [0.3, 0.4) is 0 Å². The zero-order valence-electron chi connectivity index (χ0n) is 18.6. The summed E-state index contributed by atoms with van der Waals surface area (Å²) in [4.78, 5) is 15.8. The summed E-state index contributed by atoms with van der Waals surface area (Å²) in [6.07, 6.45) is 1.85. The summed E-state index contributed by atoms with van der Waals surface area (Å²) in [5.74, 6) is 1.23. The van der Waals surface area contributed by atoms with Crippen LogP contribution in [0.15, 0.2) is 114 Å². The van der Waals surface area contributed by atoms with Crippen LogP contribution in [0, 0.1) is 5.21 Å². The highest BCUT2D eigenvalue weighted by Gasteiger charge is 2.38. The largest absolute Gasteiger partial charge is 0.595 e. The molecule has 1 amide bonds. The second kappa shape index (κ2) is 10.2. The Bertz CT molecular complexity index is 1360. The first-order valence-corrected chi connectivity index (χ1v) is 11.9. The highest BCUT2D eigenvalue weighted by atomic mass is 32.2. The fraction of sp³-hybridized carbons (Fsp3) is 0.0357. The van der Waals surface area contributed by atoms with E-state index in [0.717, 1.165) is 16.9 Å². The summed E-state index contributed by atoms with van der Waals surface area (Å²) >= 11 is 1.44. The van der Waals surface area contributed by atoms with Crippen LogP contribution >= 0.6 is 11.8 Å². The molecule has 0 aliphatic carbocycles. The summed E-state index contributed by atoms with van der Waals surface area (Å²) in [6.45, 7) is 0. The number of hydrogen-bond donors (Lipinski definition) is 2. The van der Waals surface area contributed by atoms with Gasteiger partial charge in [-0.15, -0.1) is 0 Å². The molecule has 0 spiro atoms. The number of nitrogens with zero attached hydrogens (tertiary/aromatic N) is 1. The maximum Gasteiger partial charge on any atom is 0.266 e. The number of para-hydroxylation sites is 1. The molecule has 0 bridgehead atoms. The lowest BCUT2D eigenvalue weighted by Crippen LogP contribution is -2.99. The topological polar surface area (TPSA) is 77.3 Å². The number of anilines is 1. The Hall–Kier alpha value is -3.88. The molecule has 1 fully saturated rings. The Balaban J connectivity index is 1.49. The number of amides is 1. The quantitative estimate of drug-likeness (QED) is 0.272. The molecule has 2 unspecified atom stereocenters. The minimum absolute atomic E-state index is 0.135. The van der Waals surface area contributed by atoms with Gasteiger partial charge in [0, 0.05) is 12.1 Å². The van der Waals surface area contributed by atoms with E-state index in [4.69, 9.17) is 4.74 Å². The van der Waals surface area contributed by atoms with E-state index >= 15 is 0 Å².